The van der Waals surface area contributed by atoms with Crippen LogP contribution in [0.25, 0.3) is 16.9 Å². The van der Waals surface area contributed by atoms with Crippen LogP contribution in [0.3, 0.4) is 0 Å². The number of aryl methyl sites for hydroxylation is 2. The minimum Gasteiger partial charge on any atom is -0.370 e. The molecule has 1 saturated heterocycles. The molecule has 4 aromatic rings. The van der Waals surface area contributed by atoms with Gasteiger partial charge in [-0.05, 0) is 32.0 Å². The second kappa shape index (κ2) is 8.70. The van der Waals surface area contributed by atoms with Gasteiger partial charge in [0.15, 0.2) is 5.65 Å². The molecule has 5 rings (SSSR count). The molecule has 1 fully saturated rings. The highest BCUT2D eigenvalue weighted by Crippen LogP contribution is 2.34. The van der Waals surface area contributed by atoms with Gasteiger partial charge in [-0.2, -0.15) is 18.3 Å². The summed E-state index contributed by atoms with van der Waals surface area (Å²) in [7, 11) is 1.80. The number of hydrogen-bond donors (Lipinski definition) is 0. The van der Waals surface area contributed by atoms with Gasteiger partial charge in [0.25, 0.3) is 5.56 Å². The topological polar surface area (TPSA) is 77.6 Å². The second-order valence-corrected chi connectivity index (χ2v) is 8.71. The fourth-order valence-electron chi connectivity index (χ4n) is 4.21. The van der Waals surface area contributed by atoms with Gasteiger partial charge in [0.2, 0.25) is 0 Å². The van der Waals surface area contributed by atoms with E-state index >= 15 is 4.39 Å². The van der Waals surface area contributed by atoms with E-state index in [1.807, 2.05) is 11.1 Å². The van der Waals surface area contributed by atoms with Crippen molar-refractivity contribution in [2.45, 2.75) is 26.1 Å². The zero-order valence-electron chi connectivity index (χ0n) is 19.7. The third-order valence-corrected chi connectivity index (χ3v) is 6.31. The summed E-state index contributed by atoms with van der Waals surface area (Å²) in [6.45, 7) is 4.45. The molecule has 188 valence electrons. The Morgan fingerprint density at radius 3 is 2.58 bits per heavy atom. The van der Waals surface area contributed by atoms with E-state index in [2.05, 4.69) is 15.1 Å². The zero-order valence-corrected chi connectivity index (χ0v) is 19.7. The number of anilines is 1. The van der Waals surface area contributed by atoms with Crippen LogP contribution in [0.4, 0.5) is 23.4 Å². The quantitative estimate of drug-likeness (QED) is 0.396. The van der Waals surface area contributed by atoms with Crippen LogP contribution in [0.15, 0.2) is 41.6 Å². The van der Waals surface area contributed by atoms with Gasteiger partial charge in [-0.1, -0.05) is 0 Å². The average molecular weight is 502 g/mol. The fourth-order valence-corrected chi connectivity index (χ4v) is 4.21. The Hall–Kier alpha value is -3.80. The van der Waals surface area contributed by atoms with E-state index in [1.165, 1.54) is 10.6 Å². The number of aromatic nitrogens is 5. The molecule has 0 N–H and O–H groups in total. The molecule has 0 amide bonds. The first-order valence-corrected chi connectivity index (χ1v) is 11.2. The summed E-state index contributed by atoms with van der Waals surface area (Å²) in [5.41, 5.74) is 0.0493. The highest BCUT2D eigenvalue weighted by atomic mass is 19.4. The lowest BCUT2D eigenvalue weighted by Crippen LogP contribution is -2.39. The third kappa shape index (κ3) is 4.21. The minimum absolute atomic E-state index is 0.0247. The molecule has 1 atom stereocenters. The van der Waals surface area contributed by atoms with Crippen LogP contribution in [0.1, 0.15) is 28.5 Å². The molecular formula is C24H22F4N6O2. The molecule has 3 aromatic heterocycles. The predicted molar refractivity (Wildman–Crippen MR) is 123 cm³/mol. The van der Waals surface area contributed by atoms with Gasteiger partial charge >= 0.3 is 6.18 Å². The standard InChI is InChI=1S/C24H22F4N6O2/c1-13-14(2)30-22-21(17-5-4-16(8-18(17)25)24(26,27)28)31-20(12-34(22)23(13)35)33-6-7-36-19(11-33)15-9-29-32(3)10-15/h4-5,8-10,12,19H,6-7,11H2,1-3H3/t19-/m1/s1. The van der Waals surface area contributed by atoms with Crippen LogP contribution in [0, 0.1) is 19.7 Å². The Morgan fingerprint density at radius 1 is 1.14 bits per heavy atom. The van der Waals surface area contributed by atoms with Crippen molar-refractivity contribution in [3.8, 4) is 11.3 Å². The molecule has 36 heavy (non-hydrogen) atoms. The number of morpholine rings is 1. The third-order valence-electron chi connectivity index (χ3n) is 6.31. The molecule has 8 nitrogen and oxygen atoms in total. The van der Waals surface area contributed by atoms with Crippen LogP contribution in [0.5, 0.6) is 0 Å². The number of ether oxygens (including phenoxy) is 1. The van der Waals surface area contributed by atoms with Crippen molar-refractivity contribution in [2.75, 3.05) is 24.6 Å². The second-order valence-electron chi connectivity index (χ2n) is 8.71. The molecule has 0 bridgehead atoms. The first-order chi connectivity index (χ1) is 17.0. The number of hydrogen-bond acceptors (Lipinski definition) is 6. The van der Waals surface area contributed by atoms with Gasteiger partial charge in [0.05, 0.1) is 31.1 Å². The van der Waals surface area contributed by atoms with Crippen LogP contribution in [-0.4, -0.2) is 43.8 Å². The molecular weight excluding hydrogens is 480 g/mol. The monoisotopic (exact) mass is 502 g/mol. The van der Waals surface area contributed by atoms with Crippen molar-refractivity contribution in [3.05, 3.63) is 75.3 Å². The number of alkyl halides is 3. The molecule has 0 radical (unpaired) electrons. The number of nitrogens with zero attached hydrogens (tertiary/aromatic N) is 6. The SMILES string of the molecule is Cc1nc2c(-c3ccc(C(F)(F)F)cc3F)nc(N3CCO[C@@H](c4cnn(C)c4)C3)cn2c(=O)c1C. The van der Waals surface area contributed by atoms with Crippen LogP contribution in [0.2, 0.25) is 0 Å². The van der Waals surface area contributed by atoms with E-state index in [0.29, 0.717) is 42.8 Å². The van der Waals surface area contributed by atoms with E-state index in [1.54, 1.807) is 31.8 Å². The lowest BCUT2D eigenvalue weighted by Gasteiger charge is -2.33. The van der Waals surface area contributed by atoms with E-state index < -0.39 is 17.6 Å². The zero-order chi connectivity index (χ0) is 25.8. The highest BCUT2D eigenvalue weighted by molar-refractivity contribution is 5.76. The van der Waals surface area contributed by atoms with E-state index in [0.717, 1.165) is 17.7 Å². The Balaban J connectivity index is 1.67. The Labute approximate surface area is 202 Å². The Morgan fingerprint density at radius 2 is 1.92 bits per heavy atom. The first kappa shape index (κ1) is 23.9. The number of rotatable bonds is 3. The van der Waals surface area contributed by atoms with E-state index in [4.69, 9.17) is 4.74 Å². The minimum atomic E-state index is -4.70. The Bertz CT molecular complexity index is 1530. The van der Waals surface area contributed by atoms with Crippen molar-refractivity contribution in [1.82, 2.24) is 24.1 Å². The summed E-state index contributed by atoms with van der Waals surface area (Å²) in [5.74, 6) is -0.764. The van der Waals surface area contributed by atoms with Crippen molar-refractivity contribution in [3.63, 3.8) is 0 Å². The van der Waals surface area contributed by atoms with Gasteiger partial charge in [0, 0.05) is 42.2 Å². The van der Waals surface area contributed by atoms with Crippen molar-refractivity contribution in [1.29, 1.82) is 0 Å². The maximum absolute atomic E-state index is 15.0. The molecule has 0 saturated carbocycles. The summed E-state index contributed by atoms with van der Waals surface area (Å²) < 4.78 is 63.2. The number of fused-ring (bicyclic) bond motifs is 1. The molecule has 12 heteroatoms. The van der Waals surface area contributed by atoms with Gasteiger partial charge in [-0.3, -0.25) is 13.9 Å². The molecule has 4 heterocycles. The molecule has 1 aliphatic rings. The first-order valence-electron chi connectivity index (χ1n) is 11.2. The summed E-state index contributed by atoms with van der Waals surface area (Å²) in [4.78, 5) is 24.0. The van der Waals surface area contributed by atoms with Crippen LogP contribution >= 0.6 is 0 Å². The normalized spacial score (nSPS) is 16.6. The summed E-state index contributed by atoms with van der Waals surface area (Å²) in [6.07, 6.45) is 0.0471. The molecule has 0 aliphatic carbocycles. The maximum Gasteiger partial charge on any atom is 0.416 e. The lowest BCUT2D eigenvalue weighted by atomic mass is 10.1. The summed E-state index contributed by atoms with van der Waals surface area (Å²) in [5, 5.41) is 4.17. The average Bonchev–Trinajstić information content (AvgIpc) is 3.28. The van der Waals surface area contributed by atoms with Gasteiger partial charge in [-0.25, -0.2) is 14.4 Å². The predicted octanol–water partition coefficient (Wildman–Crippen LogP) is 3.84. The molecule has 1 aromatic carbocycles. The molecule has 0 spiro atoms. The summed E-state index contributed by atoms with van der Waals surface area (Å²) >= 11 is 0. The van der Waals surface area contributed by atoms with Crippen LogP contribution < -0.4 is 10.5 Å². The van der Waals surface area contributed by atoms with Gasteiger partial charge in [-0.15, -0.1) is 0 Å². The smallest absolute Gasteiger partial charge is 0.370 e. The number of halogens is 4. The number of benzene rings is 1. The van der Waals surface area contributed by atoms with E-state index in [-0.39, 0.29) is 28.6 Å². The maximum atomic E-state index is 15.0. The summed E-state index contributed by atoms with van der Waals surface area (Å²) in [6, 6.07) is 2.23. The Kier molecular flexibility index (Phi) is 5.78. The largest absolute Gasteiger partial charge is 0.416 e. The van der Waals surface area contributed by atoms with Gasteiger partial charge in [0.1, 0.15) is 23.4 Å². The highest BCUT2D eigenvalue weighted by Gasteiger charge is 2.32. The van der Waals surface area contributed by atoms with Crippen LogP contribution in [-0.2, 0) is 18.0 Å². The van der Waals surface area contributed by atoms with Gasteiger partial charge < -0.3 is 9.64 Å². The lowest BCUT2D eigenvalue weighted by molar-refractivity contribution is -0.137. The molecule has 0 unspecified atom stereocenters. The van der Waals surface area contributed by atoms with Crippen molar-refractivity contribution >= 4 is 11.5 Å². The van der Waals surface area contributed by atoms with Crippen molar-refractivity contribution < 1.29 is 22.3 Å². The fraction of sp³-hybridized carbons (Fsp3) is 0.333. The molecule has 1 aliphatic heterocycles. The van der Waals surface area contributed by atoms with E-state index in [9.17, 15) is 18.0 Å². The van der Waals surface area contributed by atoms with Crippen molar-refractivity contribution in [2.24, 2.45) is 7.05 Å².